The molecular formula is C55H35NS. The summed E-state index contributed by atoms with van der Waals surface area (Å²) in [5.74, 6) is 0. The second-order valence-corrected chi connectivity index (χ2v) is 16.3. The maximum atomic E-state index is 2.46. The lowest BCUT2D eigenvalue weighted by Gasteiger charge is -2.31. The van der Waals surface area contributed by atoms with Crippen molar-refractivity contribution in [2.45, 2.75) is 5.41 Å². The summed E-state index contributed by atoms with van der Waals surface area (Å²) >= 11 is 1.86. The van der Waals surface area contributed by atoms with E-state index in [1.165, 1.54) is 86.9 Å². The summed E-state index contributed by atoms with van der Waals surface area (Å²) in [5.41, 5.74) is 18.4. The molecule has 57 heavy (non-hydrogen) atoms. The number of fused-ring (bicyclic) bond motifs is 13. The summed E-state index contributed by atoms with van der Waals surface area (Å²) < 4.78 is 2.63. The van der Waals surface area contributed by atoms with Crippen LogP contribution in [0.5, 0.6) is 0 Å². The van der Waals surface area contributed by atoms with Crippen LogP contribution in [0.15, 0.2) is 212 Å². The topological polar surface area (TPSA) is 3.24 Å². The lowest BCUT2D eigenvalue weighted by atomic mass is 9.70. The molecule has 2 aliphatic rings. The van der Waals surface area contributed by atoms with Crippen molar-refractivity contribution in [3.8, 4) is 44.5 Å². The van der Waals surface area contributed by atoms with E-state index in [9.17, 15) is 0 Å². The second kappa shape index (κ2) is 12.5. The summed E-state index contributed by atoms with van der Waals surface area (Å²) in [7, 11) is 0. The Morgan fingerprint density at radius 2 is 0.825 bits per heavy atom. The molecule has 0 atom stereocenters. The number of benzene rings is 9. The minimum atomic E-state index is -0.379. The Labute approximate surface area is 336 Å². The average molecular weight is 742 g/mol. The van der Waals surface area contributed by atoms with E-state index in [0.717, 1.165) is 17.1 Å². The molecule has 2 aliphatic carbocycles. The zero-order valence-corrected chi connectivity index (χ0v) is 31.9. The molecule has 0 bridgehead atoms. The molecule has 10 aromatic rings. The average Bonchev–Trinajstić information content (AvgIpc) is 3.91. The molecule has 12 rings (SSSR count). The first-order valence-corrected chi connectivity index (χ1v) is 20.5. The minimum Gasteiger partial charge on any atom is -0.310 e. The fraction of sp³-hybridized carbons (Fsp3) is 0.0182. The third-order valence-electron chi connectivity index (χ3n) is 12.3. The van der Waals surface area contributed by atoms with Gasteiger partial charge in [-0.1, -0.05) is 164 Å². The molecular weight excluding hydrogens is 707 g/mol. The van der Waals surface area contributed by atoms with Gasteiger partial charge < -0.3 is 4.90 Å². The molecule has 2 heteroatoms. The second-order valence-electron chi connectivity index (χ2n) is 15.2. The third kappa shape index (κ3) is 4.68. The van der Waals surface area contributed by atoms with Crippen molar-refractivity contribution in [2.24, 2.45) is 0 Å². The van der Waals surface area contributed by atoms with Crippen LogP contribution in [0.3, 0.4) is 0 Å². The van der Waals surface area contributed by atoms with E-state index in [1.807, 2.05) is 11.3 Å². The Hall–Kier alpha value is -7.00. The van der Waals surface area contributed by atoms with Gasteiger partial charge in [-0.15, -0.1) is 11.3 Å². The van der Waals surface area contributed by atoms with Crippen LogP contribution in [0.2, 0.25) is 0 Å². The molecule has 9 aromatic carbocycles. The quantitative estimate of drug-likeness (QED) is 0.170. The normalized spacial score (nSPS) is 13.1. The van der Waals surface area contributed by atoms with Gasteiger partial charge in [-0.25, -0.2) is 0 Å². The van der Waals surface area contributed by atoms with Crippen LogP contribution in [0.4, 0.5) is 17.1 Å². The Kier molecular flexibility index (Phi) is 7.08. The van der Waals surface area contributed by atoms with Crippen molar-refractivity contribution in [1.82, 2.24) is 0 Å². The molecule has 0 aliphatic heterocycles. The molecule has 1 heterocycles. The molecule has 0 N–H and O–H groups in total. The Balaban J connectivity index is 1.08. The first-order chi connectivity index (χ1) is 28.3. The van der Waals surface area contributed by atoms with Gasteiger partial charge in [0.1, 0.15) is 0 Å². The molecule has 1 spiro atoms. The van der Waals surface area contributed by atoms with Crippen LogP contribution in [0.1, 0.15) is 22.3 Å². The SMILES string of the molecule is c1ccc(-c2ccc(N(c3ccc4c(c3)-c3ccccc3C43c4ccccc4-c4ccccc43)c3ccccc3-c3ccc4sc5ccccc5c4c3)cc2)cc1. The molecule has 0 saturated heterocycles. The van der Waals surface area contributed by atoms with Gasteiger partial charge in [-0.05, 0) is 110 Å². The highest BCUT2D eigenvalue weighted by Gasteiger charge is 2.51. The zero-order chi connectivity index (χ0) is 37.5. The highest BCUT2D eigenvalue weighted by atomic mass is 32.1. The van der Waals surface area contributed by atoms with Crippen LogP contribution in [0.25, 0.3) is 64.7 Å². The molecule has 0 amide bonds. The number of rotatable bonds is 5. The van der Waals surface area contributed by atoms with Gasteiger partial charge in [0.25, 0.3) is 0 Å². The zero-order valence-electron chi connectivity index (χ0n) is 31.1. The van der Waals surface area contributed by atoms with Gasteiger partial charge >= 0.3 is 0 Å². The maximum Gasteiger partial charge on any atom is 0.0725 e. The minimum absolute atomic E-state index is 0.379. The highest BCUT2D eigenvalue weighted by molar-refractivity contribution is 7.25. The summed E-state index contributed by atoms with van der Waals surface area (Å²) in [6, 6.07) is 78.7. The van der Waals surface area contributed by atoms with E-state index in [2.05, 4.69) is 217 Å². The van der Waals surface area contributed by atoms with Crippen molar-refractivity contribution in [1.29, 1.82) is 0 Å². The predicted molar refractivity (Wildman–Crippen MR) is 241 cm³/mol. The summed E-state index contributed by atoms with van der Waals surface area (Å²) in [6.07, 6.45) is 0. The van der Waals surface area contributed by atoms with Crippen LogP contribution in [-0.2, 0) is 5.41 Å². The van der Waals surface area contributed by atoms with Crippen LogP contribution < -0.4 is 4.90 Å². The number of anilines is 3. The maximum absolute atomic E-state index is 2.46. The standard InChI is InChI=1S/C55H35NS/c1-2-14-36(15-3-1)37-26-29-39(30-27-37)56(52-24-12-7-16-41(52)38-28-33-54-47(34-38)45-20-8-13-25-53(45)57-54)40-31-32-51-46(35-40)44-19-6-11-23-50(44)55(51)48-21-9-4-17-42(48)43-18-5-10-22-49(43)55/h1-35H. The number of thiophene rings is 1. The van der Waals surface area contributed by atoms with Crippen LogP contribution in [-0.4, -0.2) is 0 Å². The molecule has 266 valence electrons. The molecule has 0 fully saturated rings. The number of hydrogen-bond acceptors (Lipinski definition) is 2. The lowest BCUT2D eigenvalue weighted by molar-refractivity contribution is 0.794. The monoisotopic (exact) mass is 741 g/mol. The van der Waals surface area contributed by atoms with Crippen LogP contribution >= 0.6 is 11.3 Å². The van der Waals surface area contributed by atoms with Gasteiger partial charge in [-0.3, -0.25) is 0 Å². The first-order valence-electron chi connectivity index (χ1n) is 19.7. The molecule has 1 nitrogen and oxygen atoms in total. The summed E-state index contributed by atoms with van der Waals surface area (Å²) in [5, 5.41) is 2.62. The van der Waals surface area contributed by atoms with E-state index >= 15 is 0 Å². The third-order valence-corrected chi connectivity index (χ3v) is 13.5. The van der Waals surface area contributed by atoms with E-state index in [4.69, 9.17) is 0 Å². The fourth-order valence-electron chi connectivity index (χ4n) is 9.89. The van der Waals surface area contributed by atoms with Gasteiger partial charge in [0, 0.05) is 37.1 Å². The molecule has 0 unspecified atom stereocenters. The first kappa shape index (κ1) is 32.3. The fourth-order valence-corrected chi connectivity index (χ4v) is 11.0. The Morgan fingerprint density at radius 1 is 0.316 bits per heavy atom. The van der Waals surface area contributed by atoms with Crippen molar-refractivity contribution >= 4 is 48.6 Å². The molecule has 1 aromatic heterocycles. The Bertz CT molecular complexity index is 3140. The summed E-state index contributed by atoms with van der Waals surface area (Å²) in [6.45, 7) is 0. The smallest absolute Gasteiger partial charge is 0.0725 e. The number of nitrogens with zero attached hydrogens (tertiary/aromatic N) is 1. The van der Waals surface area contributed by atoms with E-state index in [0.29, 0.717) is 0 Å². The van der Waals surface area contributed by atoms with Gasteiger partial charge in [0.05, 0.1) is 11.1 Å². The van der Waals surface area contributed by atoms with E-state index in [1.54, 1.807) is 0 Å². The predicted octanol–water partition coefficient (Wildman–Crippen LogP) is 15.2. The van der Waals surface area contributed by atoms with Crippen molar-refractivity contribution in [2.75, 3.05) is 4.90 Å². The van der Waals surface area contributed by atoms with Gasteiger partial charge in [0.2, 0.25) is 0 Å². The van der Waals surface area contributed by atoms with Crippen molar-refractivity contribution in [3.63, 3.8) is 0 Å². The van der Waals surface area contributed by atoms with E-state index in [-0.39, 0.29) is 5.41 Å². The lowest BCUT2D eigenvalue weighted by Crippen LogP contribution is -2.25. The highest BCUT2D eigenvalue weighted by Crippen LogP contribution is 2.63. The Morgan fingerprint density at radius 3 is 1.54 bits per heavy atom. The molecule has 0 radical (unpaired) electrons. The van der Waals surface area contributed by atoms with Crippen molar-refractivity contribution < 1.29 is 0 Å². The van der Waals surface area contributed by atoms with Gasteiger partial charge in [-0.2, -0.15) is 0 Å². The summed E-state index contributed by atoms with van der Waals surface area (Å²) in [4.78, 5) is 2.46. The van der Waals surface area contributed by atoms with Gasteiger partial charge in [0.15, 0.2) is 0 Å². The number of para-hydroxylation sites is 1. The molecule has 0 saturated carbocycles. The van der Waals surface area contributed by atoms with E-state index < -0.39 is 0 Å². The van der Waals surface area contributed by atoms with Crippen LogP contribution in [0, 0.1) is 0 Å². The largest absolute Gasteiger partial charge is 0.310 e. The van der Waals surface area contributed by atoms with Crippen molar-refractivity contribution in [3.05, 3.63) is 235 Å². The number of hydrogen-bond donors (Lipinski definition) is 0.